The van der Waals surface area contributed by atoms with Gasteiger partial charge in [0.1, 0.15) is 18.5 Å². The van der Waals surface area contributed by atoms with Crippen molar-refractivity contribution in [3.05, 3.63) is 29.8 Å². The van der Waals surface area contributed by atoms with Crippen molar-refractivity contribution in [2.24, 2.45) is 0 Å². The normalized spacial score (nSPS) is 13.5. The minimum Gasteiger partial charge on any atom is -0.491 e. The summed E-state index contributed by atoms with van der Waals surface area (Å²) < 4.78 is 5.49. The Kier molecular flexibility index (Phi) is 8.12. The first-order valence-electron chi connectivity index (χ1n) is 6.73. The summed E-state index contributed by atoms with van der Waals surface area (Å²) in [6.07, 6.45) is 2.58. The topological polar surface area (TPSA) is 65.3 Å². The van der Waals surface area contributed by atoms with E-state index in [1.54, 1.807) is 36.0 Å². The van der Waals surface area contributed by atoms with Crippen molar-refractivity contribution >= 4 is 11.8 Å². The van der Waals surface area contributed by atoms with Gasteiger partial charge in [-0.2, -0.15) is 17.0 Å². The van der Waals surface area contributed by atoms with Gasteiger partial charge in [0, 0.05) is 18.3 Å². The van der Waals surface area contributed by atoms with E-state index in [1.807, 2.05) is 0 Å². The monoisotopic (exact) mass is 294 g/mol. The van der Waals surface area contributed by atoms with Gasteiger partial charge in [0.25, 0.3) is 0 Å². The van der Waals surface area contributed by atoms with Crippen LogP contribution in [0.4, 0.5) is 0 Å². The molecule has 0 aromatic heterocycles. The van der Waals surface area contributed by atoms with Gasteiger partial charge in [-0.05, 0) is 36.9 Å². The van der Waals surface area contributed by atoms with Gasteiger partial charge >= 0.3 is 0 Å². The molecule has 2 atom stereocenters. The molecule has 20 heavy (non-hydrogen) atoms. The van der Waals surface area contributed by atoms with Crippen LogP contribution >= 0.6 is 11.8 Å². The Bertz CT molecular complexity index is 417. The van der Waals surface area contributed by atoms with Gasteiger partial charge in [0.05, 0.1) is 11.6 Å². The molecule has 0 aliphatic carbocycles. The SMILES string of the molecule is CCC(CSC)NCC(O)COc1ccc(C#N)cc1. The van der Waals surface area contributed by atoms with Crippen LogP contribution in [0.1, 0.15) is 18.9 Å². The molecule has 0 heterocycles. The lowest BCUT2D eigenvalue weighted by molar-refractivity contribution is 0.104. The van der Waals surface area contributed by atoms with E-state index in [-0.39, 0.29) is 6.61 Å². The molecular formula is C15H22N2O2S. The zero-order chi connectivity index (χ0) is 14.8. The number of aliphatic hydroxyl groups excluding tert-OH is 1. The van der Waals surface area contributed by atoms with Crippen molar-refractivity contribution in [2.45, 2.75) is 25.5 Å². The van der Waals surface area contributed by atoms with Crippen molar-refractivity contribution in [3.8, 4) is 11.8 Å². The summed E-state index contributed by atoms with van der Waals surface area (Å²) in [7, 11) is 0. The van der Waals surface area contributed by atoms with E-state index >= 15 is 0 Å². The quantitative estimate of drug-likeness (QED) is 0.729. The zero-order valence-corrected chi connectivity index (χ0v) is 12.8. The number of ether oxygens (including phenoxy) is 1. The molecule has 0 bridgehead atoms. The van der Waals surface area contributed by atoms with E-state index in [1.165, 1.54) is 0 Å². The molecule has 0 saturated heterocycles. The molecule has 0 spiro atoms. The molecule has 2 N–H and O–H groups in total. The number of benzene rings is 1. The number of hydrogen-bond acceptors (Lipinski definition) is 5. The summed E-state index contributed by atoms with van der Waals surface area (Å²) >= 11 is 1.80. The van der Waals surface area contributed by atoms with Crippen LogP contribution in [0.2, 0.25) is 0 Å². The van der Waals surface area contributed by atoms with Gasteiger partial charge in [0.15, 0.2) is 0 Å². The maximum absolute atomic E-state index is 9.88. The third-order valence-electron chi connectivity index (χ3n) is 2.93. The average Bonchev–Trinajstić information content (AvgIpc) is 2.49. The van der Waals surface area contributed by atoms with Gasteiger partial charge in [-0.15, -0.1) is 0 Å². The largest absolute Gasteiger partial charge is 0.491 e. The van der Waals surface area contributed by atoms with Crippen LogP contribution in [0.15, 0.2) is 24.3 Å². The number of nitrogens with one attached hydrogen (secondary N) is 1. The van der Waals surface area contributed by atoms with Gasteiger partial charge in [-0.25, -0.2) is 0 Å². The fraction of sp³-hybridized carbons (Fsp3) is 0.533. The third-order valence-corrected chi connectivity index (χ3v) is 3.66. The molecule has 0 amide bonds. The van der Waals surface area contributed by atoms with Crippen LogP contribution in [-0.4, -0.2) is 42.4 Å². The first kappa shape index (κ1) is 16.8. The second-order valence-electron chi connectivity index (χ2n) is 4.57. The highest BCUT2D eigenvalue weighted by molar-refractivity contribution is 7.98. The van der Waals surface area contributed by atoms with Crippen LogP contribution in [-0.2, 0) is 0 Å². The molecule has 5 heteroatoms. The molecule has 1 aromatic rings. The molecule has 0 aliphatic rings. The third kappa shape index (κ3) is 6.29. The van der Waals surface area contributed by atoms with E-state index in [4.69, 9.17) is 10.00 Å². The number of rotatable bonds is 9. The van der Waals surface area contributed by atoms with Gasteiger partial charge in [-0.1, -0.05) is 6.92 Å². The molecule has 2 unspecified atom stereocenters. The number of nitriles is 1. The highest BCUT2D eigenvalue weighted by Gasteiger charge is 2.09. The van der Waals surface area contributed by atoms with Crippen LogP contribution in [0.3, 0.4) is 0 Å². The maximum Gasteiger partial charge on any atom is 0.119 e. The molecule has 110 valence electrons. The van der Waals surface area contributed by atoms with Crippen molar-refractivity contribution < 1.29 is 9.84 Å². The smallest absolute Gasteiger partial charge is 0.119 e. The number of nitrogens with zero attached hydrogens (tertiary/aromatic N) is 1. The first-order valence-corrected chi connectivity index (χ1v) is 8.12. The lowest BCUT2D eigenvalue weighted by Crippen LogP contribution is -2.39. The van der Waals surface area contributed by atoms with E-state index < -0.39 is 6.10 Å². The predicted molar refractivity (Wildman–Crippen MR) is 83.1 cm³/mol. The summed E-state index contributed by atoms with van der Waals surface area (Å²) in [5.41, 5.74) is 0.599. The summed E-state index contributed by atoms with van der Waals surface area (Å²) in [5, 5.41) is 21.9. The minimum absolute atomic E-state index is 0.245. The Morgan fingerprint density at radius 3 is 2.65 bits per heavy atom. The van der Waals surface area contributed by atoms with E-state index in [0.717, 1.165) is 12.2 Å². The average molecular weight is 294 g/mol. The van der Waals surface area contributed by atoms with Crippen molar-refractivity contribution in [1.82, 2.24) is 5.32 Å². The van der Waals surface area contributed by atoms with Crippen molar-refractivity contribution in [2.75, 3.05) is 25.2 Å². The maximum atomic E-state index is 9.88. The predicted octanol–water partition coefficient (Wildman–Crippen LogP) is 2.03. The fourth-order valence-electron chi connectivity index (χ4n) is 1.70. The summed E-state index contributed by atoms with van der Waals surface area (Å²) in [5.74, 6) is 1.71. The van der Waals surface area contributed by atoms with E-state index in [9.17, 15) is 5.11 Å². The Labute approximate surface area is 125 Å². The van der Waals surface area contributed by atoms with Crippen LogP contribution in [0, 0.1) is 11.3 Å². The van der Waals surface area contributed by atoms with Crippen LogP contribution in [0.25, 0.3) is 0 Å². The second-order valence-corrected chi connectivity index (χ2v) is 5.48. The van der Waals surface area contributed by atoms with Crippen LogP contribution < -0.4 is 10.1 Å². The van der Waals surface area contributed by atoms with Crippen LogP contribution in [0.5, 0.6) is 5.75 Å². The number of aliphatic hydroxyl groups is 1. The second kappa shape index (κ2) is 9.65. The molecule has 4 nitrogen and oxygen atoms in total. The minimum atomic E-state index is -0.540. The van der Waals surface area contributed by atoms with E-state index in [0.29, 0.717) is 23.9 Å². The summed E-state index contributed by atoms with van der Waals surface area (Å²) in [6.45, 7) is 2.90. The molecule has 0 aliphatic heterocycles. The highest BCUT2D eigenvalue weighted by Crippen LogP contribution is 2.11. The molecule has 0 radical (unpaired) electrons. The fourth-order valence-corrected chi connectivity index (χ4v) is 2.46. The van der Waals surface area contributed by atoms with Crippen molar-refractivity contribution in [1.29, 1.82) is 5.26 Å². The number of hydrogen-bond donors (Lipinski definition) is 2. The highest BCUT2D eigenvalue weighted by atomic mass is 32.2. The molecular weight excluding hydrogens is 272 g/mol. The molecule has 1 aromatic carbocycles. The number of thioether (sulfide) groups is 1. The molecule has 0 fully saturated rings. The first-order chi connectivity index (χ1) is 9.69. The van der Waals surface area contributed by atoms with Gasteiger partial charge in [-0.3, -0.25) is 0 Å². The summed E-state index contributed by atoms with van der Waals surface area (Å²) in [6, 6.07) is 9.35. The Morgan fingerprint density at radius 1 is 1.40 bits per heavy atom. The molecule has 0 saturated carbocycles. The van der Waals surface area contributed by atoms with Gasteiger partial charge in [0.2, 0.25) is 0 Å². The Morgan fingerprint density at radius 2 is 2.10 bits per heavy atom. The molecule has 1 rings (SSSR count). The Balaban J connectivity index is 2.28. The zero-order valence-electron chi connectivity index (χ0n) is 12.0. The summed E-state index contributed by atoms with van der Waals surface area (Å²) in [4.78, 5) is 0. The standard InChI is InChI=1S/C15H22N2O2S/c1-3-13(11-20-2)17-9-14(18)10-19-15-6-4-12(8-16)5-7-15/h4-7,13-14,17-18H,3,9-11H2,1-2H3. The Hall–Kier alpha value is -1.22. The lowest BCUT2D eigenvalue weighted by Gasteiger charge is -2.19. The van der Waals surface area contributed by atoms with Crippen molar-refractivity contribution in [3.63, 3.8) is 0 Å². The van der Waals surface area contributed by atoms with Gasteiger partial charge < -0.3 is 15.2 Å². The van der Waals surface area contributed by atoms with E-state index in [2.05, 4.69) is 24.6 Å². The lowest BCUT2D eigenvalue weighted by atomic mass is 10.2.